The van der Waals surface area contributed by atoms with Crippen LogP contribution in [-0.4, -0.2) is 5.11 Å². The number of benzene rings is 2. The molecule has 2 aromatic carbocycles. The van der Waals surface area contributed by atoms with Crippen LogP contribution in [0.3, 0.4) is 0 Å². The standard InChI is InChI=1S/C18H22O2/c1-12(2)15-7-6-14(4)18(10-15)20-17-8-5-13(3)9-16(17)11-19/h5-10,12,19H,11H2,1-4H3. The first-order valence-electron chi connectivity index (χ1n) is 7.00. The zero-order valence-corrected chi connectivity index (χ0v) is 12.6. The molecule has 20 heavy (non-hydrogen) atoms. The van der Waals surface area contributed by atoms with Crippen LogP contribution in [0.2, 0.25) is 0 Å². The zero-order valence-electron chi connectivity index (χ0n) is 12.6. The average Bonchev–Trinajstić information content (AvgIpc) is 2.42. The molecule has 0 amide bonds. The first-order valence-corrected chi connectivity index (χ1v) is 7.00. The van der Waals surface area contributed by atoms with Crippen molar-refractivity contribution in [3.05, 3.63) is 58.7 Å². The summed E-state index contributed by atoms with van der Waals surface area (Å²) in [5, 5.41) is 9.45. The van der Waals surface area contributed by atoms with Crippen molar-refractivity contribution in [3.8, 4) is 11.5 Å². The van der Waals surface area contributed by atoms with Crippen molar-refractivity contribution < 1.29 is 9.84 Å². The lowest BCUT2D eigenvalue weighted by Gasteiger charge is -2.15. The highest BCUT2D eigenvalue weighted by Crippen LogP contribution is 2.31. The van der Waals surface area contributed by atoms with Gasteiger partial charge >= 0.3 is 0 Å². The van der Waals surface area contributed by atoms with Gasteiger partial charge in [-0.1, -0.05) is 43.7 Å². The third-order valence-electron chi connectivity index (χ3n) is 3.49. The van der Waals surface area contributed by atoms with Gasteiger partial charge in [0, 0.05) is 5.56 Å². The van der Waals surface area contributed by atoms with E-state index in [1.54, 1.807) is 0 Å². The molecule has 0 radical (unpaired) electrons. The van der Waals surface area contributed by atoms with Gasteiger partial charge in [0.2, 0.25) is 0 Å². The third kappa shape index (κ3) is 3.20. The summed E-state index contributed by atoms with van der Waals surface area (Å²) in [5.41, 5.74) is 4.29. The molecule has 106 valence electrons. The molecule has 2 nitrogen and oxygen atoms in total. The molecule has 2 aromatic rings. The molecule has 0 aromatic heterocycles. The SMILES string of the molecule is Cc1ccc(Oc2cc(C(C)C)ccc2C)c(CO)c1. The maximum Gasteiger partial charge on any atom is 0.132 e. The highest BCUT2D eigenvalue weighted by molar-refractivity contribution is 5.44. The smallest absolute Gasteiger partial charge is 0.132 e. The molecule has 0 spiro atoms. The molecule has 0 atom stereocenters. The molecular formula is C18H22O2. The lowest BCUT2D eigenvalue weighted by atomic mass is 10.0. The Kier molecular flexibility index (Phi) is 4.46. The molecule has 2 rings (SSSR count). The third-order valence-corrected chi connectivity index (χ3v) is 3.49. The van der Waals surface area contributed by atoms with E-state index in [4.69, 9.17) is 4.74 Å². The van der Waals surface area contributed by atoms with Crippen LogP contribution in [0.15, 0.2) is 36.4 Å². The van der Waals surface area contributed by atoms with E-state index in [1.807, 2.05) is 32.0 Å². The molecule has 0 unspecified atom stereocenters. The Morgan fingerprint density at radius 1 is 1.00 bits per heavy atom. The van der Waals surface area contributed by atoms with Gasteiger partial charge in [0.15, 0.2) is 0 Å². The maximum absolute atomic E-state index is 9.45. The Morgan fingerprint density at radius 3 is 2.40 bits per heavy atom. The molecule has 0 saturated heterocycles. The molecule has 0 fully saturated rings. The maximum atomic E-state index is 9.45. The Morgan fingerprint density at radius 2 is 1.75 bits per heavy atom. The second-order valence-electron chi connectivity index (χ2n) is 5.55. The van der Waals surface area contributed by atoms with Crippen molar-refractivity contribution in [2.45, 2.75) is 40.2 Å². The number of ether oxygens (including phenoxy) is 1. The lowest BCUT2D eigenvalue weighted by molar-refractivity contribution is 0.276. The molecule has 0 saturated carbocycles. The fourth-order valence-electron chi connectivity index (χ4n) is 2.14. The summed E-state index contributed by atoms with van der Waals surface area (Å²) in [6.45, 7) is 8.36. The van der Waals surface area contributed by atoms with Crippen LogP contribution in [0, 0.1) is 13.8 Å². The lowest BCUT2D eigenvalue weighted by Crippen LogP contribution is -1.96. The number of hydrogen-bond donors (Lipinski definition) is 1. The van der Waals surface area contributed by atoms with E-state index in [9.17, 15) is 5.11 Å². The summed E-state index contributed by atoms with van der Waals surface area (Å²) in [7, 11) is 0. The molecule has 0 aliphatic rings. The van der Waals surface area contributed by atoms with Crippen molar-refractivity contribution in [1.29, 1.82) is 0 Å². The monoisotopic (exact) mass is 270 g/mol. The van der Waals surface area contributed by atoms with E-state index in [-0.39, 0.29) is 6.61 Å². The second-order valence-corrected chi connectivity index (χ2v) is 5.55. The quantitative estimate of drug-likeness (QED) is 0.871. The van der Waals surface area contributed by atoms with Crippen LogP contribution in [-0.2, 0) is 6.61 Å². The van der Waals surface area contributed by atoms with Gasteiger partial charge in [-0.25, -0.2) is 0 Å². The fourth-order valence-corrected chi connectivity index (χ4v) is 2.14. The summed E-state index contributed by atoms with van der Waals surface area (Å²) in [6.07, 6.45) is 0. The molecule has 0 aliphatic carbocycles. The highest BCUT2D eigenvalue weighted by Gasteiger charge is 2.09. The topological polar surface area (TPSA) is 29.5 Å². The number of aryl methyl sites for hydroxylation is 2. The number of hydrogen-bond acceptors (Lipinski definition) is 2. The summed E-state index contributed by atoms with van der Waals surface area (Å²) >= 11 is 0. The molecule has 0 bridgehead atoms. The predicted molar refractivity (Wildman–Crippen MR) is 82.4 cm³/mol. The van der Waals surface area contributed by atoms with Gasteiger partial charge in [0.1, 0.15) is 11.5 Å². The molecule has 0 heterocycles. The van der Waals surface area contributed by atoms with Gasteiger partial charge in [-0.3, -0.25) is 0 Å². The van der Waals surface area contributed by atoms with Crippen molar-refractivity contribution in [2.24, 2.45) is 0 Å². The van der Waals surface area contributed by atoms with Gasteiger partial charge in [0.05, 0.1) is 6.61 Å². The zero-order chi connectivity index (χ0) is 14.7. The van der Waals surface area contributed by atoms with Crippen molar-refractivity contribution >= 4 is 0 Å². The van der Waals surface area contributed by atoms with Gasteiger partial charge in [-0.05, 0) is 43.0 Å². The van der Waals surface area contributed by atoms with Gasteiger partial charge < -0.3 is 9.84 Å². The first kappa shape index (κ1) is 14.6. The van der Waals surface area contributed by atoms with Crippen molar-refractivity contribution in [3.63, 3.8) is 0 Å². The molecule has 1 N–H and O–H groups in total. The number of aliphatic hydroxyl groups excluding tert-OH is 1. The van der Waals surface area contributed by atoms with E-state index in [0.29, 0.717) is 5.92 Å². The van der Waals surface area contributed by atoms with E-state index < -0.39 is 0 Å². The molecule has 0 aliphatic heterocycles. The predicted octanol–water partition coefficient (Wildman–Crippen LogP) is 4.71. The van der Waals surface area contributed by atoms with E-state index in [1.165, 1.54) is 5.56 Å². The van der Waals surface area contributed by atoms with Crippen LogP contribution >= 0.6 is 0 Å². The number of aliphatic hydroxyl groups is 1. The van der Waals surface area contributed by atoms with Gasteiger partial charge in [-0.15, -0.1) is 0 Å². The van der Waals surface area contributed by atoms with Crippen molar-refractivity contribution in [2.75, 3.05) is 0 Å². The minimum Gasteiger partial charge on any atom is -0.457 e. The largest absolute Gasteiger partial charge is 0.457 e. The molecular weight excluding hydrogens is 248 g/mol. The Bertz CT molecular complexity index is 600. The van der Waals surface area contributed by atoms with E-state index in [0.717, 1.165) is 28.2 Å². The average molecular weight is 270 g/mol. The summed E-state index contributed by atoms with van der Waals surface area (Å²) < 4.78 is 6.02. The minimum atomic E-state index is -0.0140. The summed E-state index contributed by atoms with van der Waals surface area (Å²) in [4.78, 5) is 0. The molecule has 2 heteroatoms. The Balaban J connectivity index is 2.36. The number of rotatable bonds is 4. The van der Waals surface area contributed by atoms with Crippen molar-refractivity contribution in [1.82, 2.24) is 0 Å². The summed E-state index contributed by atoms with van der Waals surface area (Å²) in [6, 6.07) is 12.2. The Labute approximate surface area is 121 Å². The first-order chi connectivity index (χ1) is 9.51. The Hall–Kier alpha value is -1.80. The van der Waals surface area contributed by atoms with Crippen LogP contribution in [0.1, 0.15) is 42.0 Å². The second kappa shape index (κ2) is 6.10. The van der Waals surface area contributed by atoms with Crippen LogP contribution in [0.4, 0.5) is 0 Å². The minimum absolute atomic E-state index is 0.0140. The van der Waals surface area contributed by atoms with Gasteiger partial charge in [0.25, 0.3) is 0 Å². The summed E-state index contributed by atoms with van der Waals surface area (Å²) in [5.74, 6) is 2.05. The normalized spacial score (nSPS) is 10.9. The van der Waals surface area contributed by atoms with Crippen LogP contribution in [0.5, 0.6) is 11.5 Å². The highest BCUT2D eigenvalue weighted by atomic mass is 16.5. The van der Waals surface area contributed by atoms with E-state index >= 15 is 0 Å². The van der Waals surface area contributed by atoms with Crippen LogP contribution in [0.25, 0.3) is 0 Å². The van der Waals surface area contributed by atoms with E-state index in [2.05, 4.69) is 32.0 Å². The van der Waals surface area contributed by atoms with Gasteiger partial charge in [-0.2, -0.15) is 0 Å². The van der Waals surface area contributed by atoms with Crippen LogP contribution < -0.4 is 4.74 Å². The fraction of sp³-hybridized carbons (Fsp3) is 0.333.